The highest BCUT2D eigenvalue weighted by atomic mass is 32.2. The lowest BCUT2D eigenvalue weighted by atomic mass is 10.1. The van der Waals surface area contributed by atoms with Crippen LogP contribution in [0.5, 0.6) is 5.88 Å². The summed E-state index contributed by atoms with van der Waals surface area (Å²) in [7, 11) is 1.40. The molecule has 0 saturated heterocycles. The van der Waals surface area contributed by atoms with E-state index >= 15 is 0 Å². The Bertz CT molecular complexity index is 596. The molecule has 1 aromatic heterocycles. The minimum absolute atomic E-state index is 0.0638. The van der Waals surface area contributed by atoms with E-state index in [-0.39, 0.29) is 11.4 Å². The number of carbonyl (C=O) groups is 1. The number of carboxylic acid groups (broad SMARTS) is 1. The van der Waals surface area contributed by atoms with E-state index in [4.69, 9.17) is 9.84 Å². The molecule has 0 bridgehead atoms. The van der Waals surface area contributed by atoms with Gasteiger partial charge in [0.05, 0.1) is 7.11 Å². The van der Waals surface area contributed by atoms with Crippen molar-refractivity contribution < 1.29 is 14.6 Å². The summed E-state index contributed by atoms with van der Waals surface area (Å²) in [6.45, 7) is 0. The summed E-state index contributed by atoms with van der Waals surface area (Å²) in [5.41, 5.74) is 1.75. The SMILES string of the molecule is COc1ncc(-c2ccc(SC)cc2)cc1C(=O)O. The third-order valence-electron chi connectivity index (χ3n) is 2.70. The van der Waals surface area contributed by atoms with Crippen molar-refractivity contribution in [3.63, 3.8) is 0 Å². The number of hydrogen-bond donors (Lipinski definition) is 1. The van der Waals surface area contributed by atoms with Gasteiger partial charge in [-0.15, -0.1) is 11.8 Å². The molecule has 0 aliphatic carbocycles. The Kier molecular flexibility index (Phi) is 4.06. The monoisotopic (exact) mass is 275 g/mol. The Labute approximate surface area is 115 Å². The van der Waals surface area contributed by atoms with E-state index in [1.165, 1.54) is 7.11 Å². The third kappa shape index (κ3) is 2.88. The molecule has 5 heteroatoms. The fraction of sp³-hybridized carbons (Fsp3) is 0.143. The van der Waals surface area contributed by atoms with Crippen LogP contribution in [-0.2, 0) is 0 Å². The van der Waals surface area contributed by atoms with Crippen LogP contribution < -0.4 is 4.74 Å². The van der Waals surface area contributed by atoms with E-state index in [1.807, 2.05) is 30.5 Å². The second-order valence-corrected chi connectivity index (χ2v) is 4.69. The van der Waals surface area contributed by atoms with Gasteiger partial charge in [-0.25, -0.2) is 9.78 Å². The van der Waals surface area contributed by atoms with Crippen LogP contribution in [0.25, 0.3) is 11.1 Å². The molecule has 0 radical (unpaired) electrons. The molecular formula is C14H13NO3S. The van der Waals surface area contributed by atoms with Crippen molar-refractivity contribution in [2.45, 2.75) is 4.90 Å². The van der Waals surface area contributed by atoms with Gasteiger partial charge in [0.25, 0.3) is 0 Å². The van der Waals surface area contributed by atoms with Crippen LogP contribution in [0.3, 0.4) is 0 Å². The summed E-state index contributed by atoms with van der Waals surface area (Å²) in [6, 6.07) is 9.44. The van der Waals surface area contributed by atoms with Crippen LogP contribution in [0.15, 0.2) is 41.4 Å². The fourth-order valence-corrected chi connectivity index (χ4v) is 2.12. The van der Waals surface area contributed by atoms with Gasteiger partial charge in [0.2, 0.25) is 5.88 Å². The summed E-state index contributed by atoms with van der Waals surface area (Å²) in [4.78, 5) is 16.3. The van der Waals surface area contributed by atoms with Crippen molar-refractivity contribution in [3.05, 3.63) is 42.1 Å². The zero-order valence-electron chi connectivity index (χ0n) is 10.6. The van der Waals surface area contributed by atoms with Crippen LogP contribution in [0.4, 0.5) is 0 Å². The maximum absolute atomic E-state index is 11.1. The first-order valence-corrected chi connectivity index (χ1v) is 6.80. The molecule has 0 unspecified atom stereocenters. The summed E-state index contributed by atoms with van der Waals surface area (Å²) in [6.07, 6.45) is 3.62. The Morgan fingerprint density at radius 3 is 2.47 bits per heavy atom. The molecule has 4 nitrogen and oxygen atoms in total. The Morgan fingerprint density at radius 2 is 1.95 bits per heavy atom. The standard InChI is InChI=1S/C14H13NO3S/c1-18-13-12(14(16)17)7-10(8-15-13)9-3-5-11(19-2)6-4-9/h3-8H,1-2H3,(H,16,17). The number of rotatable bonds is 4. The van der Waals surface area contributed by atoms with Crippen molar-refractivity contribution in [1.29, 1.82) is 0 Å². The number of carboxylic acids is 1. The highest BCUT2D eigenvalue weighted by molar-refractivity contribution is 7.98. The topological polar surface area (TPSA) is 59.4 Å². The Balaban J connectivity index is 2.44. The molecular weight excluding hydrogens is 262 g/mol. The predicted octanol–water partition coefficient (Wildman–Crippen LogP) is 3.18. The quantitative estimate of drug-likeness (QED) is 0.868. The highest BCUT2D eigenvalue weighted by Gasteiger charge is 2.13. The fourth-order valence-electron chi connectivity index (χ4n) is 1.71. The average Bonchev–Trinajstić information content (AvgIpc) is 2.46. The van der Waals surface area contributed by atoms with Gasteiger partial charge < -0.3 is 9.84 Å². The van der Waals surface area contributed by atoms with Crippen molar-refractivity contribution in [2.75, 3.05) is 13.4 Å². The normalized spacial score (nSPS) is 10.2. The minimum atomic E-state index is -1.05. The van der Waals surface area contributed by atoms with Crippen LogP contribution in [0.2, 0.25) is 0 Å². The largest absolute Gasteiger partial charge is 0.480 e. The highest BCUT2D eigenvalue weighted by Crippen LogP contribution is 2.26. The van der Waals surface area contributed by atoms with Crippen molar-refractivity contribution in [3.8, 4) is 17.0 Å². The van der Waals surface area contributed by atoms with Crippen LogP contribution in [0.1, 0.15) is 10.4 Å². The molecule has 1 heterocycles. The number of methoxy groups -OCH3 is 1. The van der Waals surface area contributed by atoms with Gasteiger partial charge in [-0.1, -0.05) is 12.1 Å². The zero-order valence-corrected chi connectivity index (χ0v) is 11.4. The summed E-state index contributed by atoms with van der Waals surface area (Å²) < 4.78 is 4.94. The summed E-state index contributed by atoms with van der Waals surface area (Å²) in [5, 5.41) is 9.13. The molecule has 0 aliphatic rings. The first-order valence-electron chi connectivity index (χ1n) is 5.57. The van der Waals surface area contributed by atoms with Gasteiger partial charge >= 0.3 is 5.97 Å². The molecule has 1 aromatic carbocycles. The molecule has 0 saturated carbocycles. The van der Waals surface area contributed by atoms with E-state index < -0.39 is 5.97 Å². The van der Waals surface area contributed by atoms with Gasteiger partial charge in [0.1, 0.15) is 5.56 Å². The lowest BCUT2D eigenvalue weighted by molar-refractivity contribution is 0.0692. The molecule has 0 atom stereocenters. The maximum atomic E-state index is 11.1. The van der Waals surface area contributed by atoms with Gasteiger partial charge in [0.15, 0.2) is 0 Å². The molecule has 19 heavy (non-hydrogen) atoms. The number of thioether (sulfide) groups is 1. The zero-order chi connectivity index (χ0) is 13.8. The second-order valence-electron chi connectivity index (χ2n) is 3.81. The van der Waals surface area contributed by atoms with Crippen LogP contribution >= 0.6 is 11.8 Å². The summed E-state index contributed by atoms with van der Waals surface area (Å²) >= 11 is 1.66. The number of aromatic carboxylic acids is 1. The van der Waals surface area contributed by atoms with Gasteiger partial charge in [-0.05, 0) is 30.0 Å². The molecule has 0 fully saturated rings. The number of aromatic nitrogens is 1. The predicted molar refractivity (Wildman–Crippen MR) is 75.0 cm³/mol. The number of hydrogen-bond acceptors (Lipinski definition) is 4. The van der Waals surface area contributed by atoms with Crippen LogP contribution in [-0.4, -0.2) is 29.4 Å². The van der Waals surface area contributed by atoms with E-state index in [2.05, 4.69) is 4.98 Å². The van der Waals surface area contributed by atoms with E-state index in [9.17, 15) is 4.79 Å². The van der Waals surface area contributed by atoms with E-state index in [0.29, 0.717) is 0 Å². The molecule has 2 rings (SSSR count). The maximum Gasteiger partial charge on any atom is 0.341 e. The molecule has 1 N–H and O–H groups in total. The number of pyridine rings is 1. The Morgan fingerprint density at radius 1 is 1.26 bits per heavy atom. The van der Waals surface area contributed by atoms with Crippen molar-refractivity contribution in [1.82, 2.24) is 4.98 Å². The first kappa shape index (κ1) is 13.4. The van der Waals surface area contributed by atoms with Gasteiger partial charge in [-0.3, -0.25) is 0 Å². The summed E-state index contributed by atoms with van der Waals surface area (Å²) in [5.74, 6) is -0.927. The van der Waals surface area contributed by atoms with Crippen molar-refractivity contribution >= 4 is 17.7 Å². The van der Waals surface area contributed by atoms with E-state index in [0.717, 1.165) is 16.0 Å². The number of benzene rings is 1. The molecule has 0 spiro atoms. The number of nitrogens with zero attached hydrogens (tertiary/aromatic N) is 1. The van der Waals surface area contributed by atoms with E-state index in [1.54, 1.807) is 24.0 Å². The minimum Gasteiger partial charge on any atom is -0.480 e. The lowest BCUT2D eigenvalue weighted by Crippen LogP contribution is -2.02. The smallest absolute Gasteiger partial charge is 0.341 e. The lowest BCUT2D eigenvalue weighted by Gasteiger charge is -2.07. The average molecular weight is 275 g/mol. The second kappa shape index (κ2) is 5.75. The Hall–Kier alpha value is -2.01. The molecule has 2 aromatic rings. The van der Waals surface area contributed by atoms with Crippen molar-refractivity contribution in [2.24, 2.45) is 0 Å². The molecule has 0 amide bonds. The van der Waals surface area contributed by atoms with Gasteiger partial charge in [0, 0.05) is 16.7 Å². The third-order valence-corrected chi connectivity index (χ3v) is 3.44. The number of ether oxygens (including phenoxy) is 1. The molecule has 0 aliphatic heterocycles. The first-order chi connectivity index (χ1) is 9.15. The van der Waals surface area contributed by atoms with Crippen LogP contribution in [0, 0.1) is 0 Å². The molecule has 98 valence electrons. The van der Waals surface area contributed by atoms with Gasteiger partial charge in [-0.2, -0.15) is 0 Å².